The number of rotatable bonds is 6. The van der Waals surface area contributed by atoms with Gasteiger partial charge in [-0.2, -0.15) is 0 Å². The summed E-state index contributed by atoms with van der Waals surface area (Å²) < 4.78 is 0. The van der Waals surface area contributed by atoms with E-state index in [0.717, 1.165) is 68.1 Å². The first kappa shape index (κ1) is 20.3. The molecule has 6 nitrogen and oxygen atoms in total. The first-order valence-corrected chi connectivity index (χ1v) is 10.3. The molecule has 0 aliphatic carbocycles. The van der Waals surface area contributed by atoms with Crippen LogP contribution >= 0.6 is 0 Å². The molecule has 0 radical (unpaired) electrons. The van der Waals surface area contributed by atoms with Gasteiger partial charge in [-0.05, 0) is 43.5 Å². The largest absolute Gasteiger partial charge is 0.338 e. The Morgan fingerprint density at radius 1 is 1.04 bits per heavy atom. The number of amides is 1. The van der Waals surface area contributed by atoms with Crippen LogP contribution < -0.4 is 10.2 Å². The minimum Gasteiger partial charge on any atom is -0.338 e. The van der Waals surface area contributed by atoms with Gasteiger partial charge in [-0.25, -0.2) is 9.97 Å². The van der Waals surface area contributed by atoms with Crippen LogP contribution in [-0.4, -0.2) is 53.5 Å². The van der Waals surface area contributed by atoms with Gasteiger partial charge < -0.3 is 15.1 Å². The first-order valence-electron chi connectivity index (χ1n) is 10.3. The molecule has 6 heteroatoms. The molecule has 2 heterocycles. The third-order valence-corrected chi connectivity index (χ3v) is 5.41. The van der Waals surface area contributed by atoms with Crippen molar-refractivity contribution in [1.82, 2.24) is 14.9 Å². The first-order chi connectivity index (χ1) is 13.5. The molecule has 3 rings (SSSR count). The van der Waals surface area contributed by atoms with E-state index in [-0.39, 0.29) is 5.91 Å². The zero-order valence-electron chi connectivity index (χ0n) is 17.5. The lowest BCUT2D eigenvalue weighted by atomic mass is 10.0. The lowest BCUT2D eigenvalue weighted by Gasteiger charge is -2.34. The van der Waals surface area contributed by atoms with Gasteiger partial charge in [0.25, 0.3) is 5.91 Å². The summed E-state index contributed by atoms with van der Waals surface area (Å²) in [5.74, 6) is 0.481. The molecular formula is C22H31N5O. The highest BCUT2D eigenvalue weighted by Crippen LogP contribution is 2.23. The minimum atomic E-state index is -0.172. The predicted molar refractivity (Wildman–Crippen MR) is 114 cm³/mol. The van der Waals surface area contributed by atoms with Crippen molar-refractivity contribution in [2.75, 3.05) is 42.9 Å². The molecule has 1 aromatic carbocycles. The molecule has 1 aliphatic heterocycles. The fourth-order valence-electron chi connectivity index (χ4n) is 3.66. The molecule has 0 bridgehead atoms. The van der Waals surface area contributed by atoms with Gasteiger partial charge in [-0.1, -0.05) is 39.0 Å². The number of piperazine rings is 1. The second-order valence-corrected chi connectivity index (χ2v) is 7.23. The second-order valence-electron chi connectivity index (χ2n) is 7.23. The normalized spacial score (nSPS) is 14.9. The molecule has 1 aliphatic rings. The van der Waals surface area contributed by atoms with E-state index in [1.54, 1.807) is 6.07 Å². The molecule has 28 heavy (non-hydrogen) atoms. The van der Waals surface area contributed by atoms with E-state index in [0.29, 0.717) is 11.6 Å². The number of aromatic nitrogens is 2. The molecular weight excluding hydrogens is 350 g/mol. The highest BCUT2D eigenvalue weighted by atomic mass is 16.1. The summed E-state index contributed by atoms with van der Waals surface area (Å²) in [5, 5.41) is 3.11. The number of aryl methyl sites for hydroxylation is 3. The van der Waals surface area contributed by atoms with Gasteiger partial charge in [0.05, 0.1) is 0 Å². The van der Waals surface area contributed by atoms with Crippen molar-refractivity contribution < 1.29 is 4.79 Å². The lowest BCUT2D eigenvalue weighted by Crippen LogP contribution is -2.47. The van der Waals surface area contributed by atoms with Crippen molar-refractivity contribution in [2.24, 2.45) is 0 Å². The number of nitrogens with zero attached hydrogens (tertiary/aromatic N) is 4. The van der Waals surface area contributed by atoms with E-state index >= 15 is 0 Å². The van der Waals surface area contributed by atoms with Crippen molar-refractivity contribution in [3.8, 4) is 0 Å². The fraction of sp³-hybridized carbons (Fsp3) is 0.500. The van der Waals surface area contributed by atoms with Crippen molar-refractivity contribution in [3.05, 3.63) is 46.8 Å². The SMILES string of the molecule is CCc1cccc(CC)c1NC(=O)c1cc(C)nc(N2CCN(CC)CC2)n1. The van der Waals surface area contributed by atoms with Crippen molar-refractivity contribution in [2.45, 2.75) is 40.5 Å². The maximum Gasteiger partial charge on any atom is 0.274 e. The Kier molecular flexibility index (Phi) is 6.62. The van der Waals surface area contributed by atoms with Crippen LogP contribution in [0.15, 0.2) is 24.3 Å². The van der Waals surface area contributed by atoms with Crippen molar-refractivity contribution >= 4 is 17.5 Å². The molecule has 0 unspecified atom stereocenters. The van der Waals surface area contributed by atoms with Crippen LogP contribution in [-0.2, 0) is 12.8 Å². The summed E-state index contributed by atoms with van der Waals surface area (Å²) in [6.07, 6.45) is 1.75. The Morgan fingerprint density at radius 3 is 2.25 bits per heavy atom. The average Bonchev–Trinajstić information content (AvgIpc) is 2.73. The molecule has 1 saturated heterocycles. The predicted octanol–water partition coefficient (Wildman–Crippen LogP) is 3.30. The van der Waals surface area contributed by atoms with E-state index in [2.05, 4.69) is 64.1 Å². The van der Waals surface area contributed by atoms with E-state index in [1.807, 2.05) is 6.92 Å². The molecule has 150 valence electrons. The van der Waals surface area contributed by atoms with Crippen LogP contribution in [0.25, 0.3) is 0 Å². The number of anilines is 2. The van der Waals surface area contributed by atoms with Gasteiger partial charge in [0.1, 0.15) is 5.69 Å². The second kappa shape index (κ2) is 9.15. The molecule has 1 aromatic heterocycles. The monoisotopic (exact) mass is 381 g/mol. The van der Waals surface area contributed by atoms with Crippen LogP contribution in [0, 0.1) is 6.92 Å². The van der Waals surface area contributed by atoms with E-state index < -0.39 is 0 Å². The zero-order valence-corrected chi connectivity index (χ0v) is 17.5. The van der Waals surface area contributed by atoms with E-state index in [9.17, 15) is 4.79 Å². The zero-order chi connectivity index (χ0) is 20.1. The number of para-hydroxylation sites is 1. The third kappa shape index (κ3) is 4.50. The lowest BCUT2D eigenvalue weighted by molar-refractivity contribution is 0.102. The molecule has 1 N–H and O–H groups in total. The van der Waals surface area contributed by atoms with Gasteiger partial charge in [0.15, 0.2) is 0 Å². The standard InChI is InChI=1S/C22H31N5O/c1-5-17-9-8-10-18(6-2)20(17)25-21(28)19-15-16(4)23-22(24-19)27-13-11-26(7-3)12-14-27/h8-10,15H,5-7,11-14H2,1-4H3,(H,25,28). The Bertz CT molecular complexity index is 805. The Hall–Kier alpha value is -2.47. The summed E-state index contributed by atoms with van der Waals surface area (Å²) in [4.78, 5) is 26.8. The quantitative estimate of drug-likeness (QED) is 0.832. The van der Waals surface area contributed by atoms with Gasteiger partial charge in [0.2, 0.25) is 5.95 Å². The van der Waals surface area contributed by atoms with Crippen molar-refractivity contribution in [1.29, 1.82) is 0 Å². The van der Waals surface area contributed by atoms with E-state index in [1.165, 1.54) is 0 Å². The summed E-state index contributed by atoms with van der Waals surface area (Å²) in [6.45, 7) is 13.1. The molecule has 1 amide bonds. The van der Waals surface area contributed by atoms with Crippen molar-refractivity contribution in [3.63, 3.8) is 0 Å². The van der Waals surface area contributed by atoms with Gasteiger partial charge in [-0.15, -0.1) is 0 Å². The molecule has 0 atom stereocenters. The smallest absolute Gasteiger partial charge is 0.274 e. The Labute approximate surface area is 168 Å². The van der Waals surface area contributed by atoms with Crippen LogP contribution in [0.5, 0.6) is 0 Å². The molecule has 0 saturated carbocycles. The fourth-order valence-corrected chi connectivity index (χ4v) is 3.66. The Balaban J connectivity index is 1.83. The van der Waals surface area contributed by atoms with Gasteiger partial charge >= 0.3 is 0 Å². The van der Waals surface area contributed by atoms with Crippen LogP contribution in [0.4, 0.5) is 11.6 Å². The van der Waals surface area contributed by atoms with Gasteiger partial charge in [-0.3, -0.25) is 4.79 Å². The summed E-state index contributed by atoms with van der Waals surface area (Å²) in [6, 6.07) is 7.95. The number of carbonyl (C=O) groups excluding carboxylic acids is 1. The topological polar surface area (TPSA) is 61.4 Å². The van der Waals surface area contributed by atoms with Crippen LogP contribution in [0.2, 0.25) is 0 Å². The highest BCUT2D eigenvalue weighted by Gasteiger charge is 2.20. The minimum absolute atomic E-state index is 0.172. The number of carbonyl (C=O) groups is 1. The maximum atomic E-state index is 13.0. The Morgan fingerprint density at radius 2 is 1.68 bits per heavy atom. The van der Waals surface area contributed by atoms with Gasteiger partial charge in [0, 0.05) is 37.6 Å². The third-order valence-electron chi connectivity index (χ3n) is 5.41. The number of hydrogen-bond donors (Lipinski definition) is 1. The molecule has 2 aromatic rings. The maximum absolute atomic E-state index is 13.0. The van der Waals surface area contributed by atoms with E-state index in [4.69, 9.17) is 0 Å². The number of hydrogen-bond acceptors (Lipinski definition) is 5. The summed E-state index contributed by atoms with van der Waals surface area (Å²) >= 11 is 0. The molecule has 0 spiro atoms. The number of nitrogens with one attached hydrogen (secondary N) is 1. The van der Waals surface area contributed by atoms with Crippen LogP contribution in [0.1, 0.15) is 48.1 Å². The highest BCUT2D eigenvalue weighted by molar-refractivity contribution is 6.04. The summed E-state index contributed by atoms with van der Waals surface area (Å²) in [5.41, 5.74) is 4.46. The average molecular weight is 382 g/mol. The van der Waals surface area contributed by atoms with Crippen LogP contribution in [0.3, 0.4) is 0 Å². The summed E-state index contributed by atoms with van der Waals surface area (Å²) in [7, 11) is 0. The number of likely N-dealkylation sites (N-methyl/N-ethyl adjacent to an activating group) is 1. The number of benzene rings is 1. The molecule has 1 fully saturated rings.